The van der Waals surface area contributed by atoms with Gasteiger partial charge in [-0.3, -0.25) is 15.0 Å². The zero-order valence-electron chi connectivity index (χ0n) is 19.7. The molecular weight excluding hydrogens is 442 g/mol. The molecule has 4 rings (SSSR count). The summed E-state index contributed by atoms with van der Waals surface area (Å²) in [6.07, 6.45) is -0.0175. The lowest BCUT2D eigenvalue weighted by Gasteiger charge is -2.40. The van der Waals surface area contributed by atoms with Crippen molar-refractivity contribution in [3.05, 3.63) is 102 Å². The van der Waals surface area contributed by atoms with Crippen molar-refractivity contribution in [1.29, 1.82) is 0 Å². The Balaban J connectivity index is 1.41. The predicted molar refractivity (Wildman–Crippen MR) is 140 cm³/mol. The molecule has 1 N–H and O–H groups in total. The fourth-order valence-corrected chi connectivity index (χ4v) is 4.60. The normalized spacial score (nSPS) is 14.3. The van der Waals surface area contributed by atoms with Crippen molar-refractivity contribution >= 4 is 23.2 Å². The minimum atomic E-state index is -0.241. The van der Waals surface area contributed by atoms with Gasteiger partial charge in [0.1, 0.15) is 5.75 Å². The first-order valence-electron chi connectivity index (χ1n) is 11.7. The molecule has 0 spiro atoms. The van der Waals surface area contributed by atoms with Crippen LogP contribution in [0.4, 0.5) is 0 Å². The van der Waals surface area contributed by atoms with Crippen molar-refractivity contribution in [2.24, 2.45) is 0 Å². The lowest BCUT2D eigenvalue weighted by atomic mass is 9.96. The maximum Gasteiger partial charge on any atom is 0.261 e. The molecule has 5 nitrogen and oxygen atoms in total. The highest BCUT2D eigenvalue weighted by molar-refractivity contribution is 7.80. The minimum Gasteiger partial charge on any atom is -0.490 e. The SMILES string of the molecule is CC(C)Oc1ccccc1C(=O)NC(=S)N1CCN(C(c2ccccc2)c2ccccc2)CC1. The van der Waals surface area contributed by atoms with Gasteiger partial charge in [-0.05, 0) is 49.3 Å². The number of rotatable bonds is 6. The first-order valence-corrected chi connectivity index (χ1v) is 12.1. The topological polar surface area (TPSA) is 44.8 Å². The third-order valence-corrected chi connectivity index (χ3v) is 6.27. The summed E-state index contributed by atoms with van der Waals surface area (Å²) in [5.74, 6) is 0.325. The number of hydrogen-bond acceptors (Lipinski definition) is 4. The third-order valence-electron chi connectivity index (χ3n) is 5.91. The molecule has 1 fully saturated rings. The number of nitrogens with zero attached hydrogens (tertiary/aromatic N) is 2. The molecule has 1 heterocycles. The maximum absolute atomic E-state index is 12.9. The zero-order valence-corrected chi connectivity index (χ0v) is 20.5. The molecule has 3 aromatic carbocycles. The summed E-state index contributed by atoms with van der Waals surface area (Å²) in [6, 6.07) is 28.7. The molecule has 0 radical (unpaired) electrons. The molecule has 6 heteroatoms. The number of carbonyl (C=O) groups is 1. The number of para-hydroxylation sites is 1. The first-order chi connectivity index (χ1) is 16.5. The molecule has 0 atom stereocenters. The third kappa shape index (κ3) is 5.82. The van der Waals surface area contributed by atoms with E-state index in [1.165, 1.54) is 11.1 Å². The van der Waals surface area contributed by atoms with Crippen LogP contribution in [0.1, 0.15) is 41.4 Å². The highest BCUT2D eigenvalue weighted by Gasteiger charge is 2.28. The standard InChI is InChI=1S/C28H31N3O2S/c1-21(2)33-25-16-10-9-15-24(25)27(32)29-28(34)31-19-17-30(18-20-31)26(22-11-5-3-6-12-22)23-13-7-4-8-14-23/h3-16,21,26H,17-20H2,1-2H3,(H,29,32,34). The zero-order chi connectivity index (χ0) is 23.9. The van der Waals surface area contributed by atoms with E-state index in [9.17, 15) is 4.79 Å². The van der Waals surface area contributed by atoms with E-state index < -0.39 is 0 Å². The van der Waals surface area contributed by atoms with Crippen LogP contribution in [0.3, 0.4) is 0 Å². The number of thiocarbonyl (C=S) groups is 1. The summed E-state index contributed by atoms with van der Waals surface area (Å²) in [4.78, 5) is 17.5. The van der Waals surface area contributed by atoms with Gasteiger partial charge in [-0.2, -0.15) is 0 Å². The Labute approximate surface area is 207 Å². The van der Waals surface area contributed by atoms with Crippen LogP contribution >= 0.6 is 12.2 Å². The largest absolute Gasteiger partial charge is 0.490 e. The van der Waals surface area contributed by atoms with E-state index in [-0.39, 0.29) is 18.1 Å². The number of hydrogen-bond donors (Lipinski definition) is 1. The Morgan fingerprint density at radius 3 is 1.91 bits per heavy atom. The fourth-order valence-electron chi connectivity index (χ4n) is 4.32. The molecule has 34 heavy (non-hydrogen) atoms. The second kappa shape index (κ2) is 11.3. The highest BCUT2D eigenvalue weighted by Crippen LogP contribution is 2.29. The summed E-state index contributed by atoms with van der Waals surface area (Å²) in [5.41, 5.74) is 3.05. The molecule has 0 aromatic heterocycles. The number of amides is 1. The fraction of sp³-hybridized carbons (Fsp3) is 0.286. The van der Waals surface area contributed by atoms with Gasteiger partial charge in [0.2, 0.25) is 0 Å². The van der Waals surface area contributed by atoms with Gasteiger partial charge in [-0.25, -0.2) is 0 Å². The van der Waals surface area contributed by atoms with E-state index in [0.29, 0.717) is 16.4 Å². The van der Waals surface area contributed by atoms with E-state index in [0.717, 1.165) is 26.2 Å². The monoisotopic (exact) mass is 473 g/mol. The molecule has 0 unspecified atom stereocenters. The number of nitrogens with one attached hydrogen (secondary N) is 1. The molecule has 1 amide bonds. The Bertz CT molecular complexity index is 1060. The van der Waals surface area contributed by atoms with Crippen molar-refractivity contribution in [3.8, 4) is 5.75 Å². The lowest BCUT2D eigenvalue weighted by molar-refractivity contribution is 0.0961. The summed E-state index contributed by atoms with van der Waals surface area (Å²) in [5, 5.41) is 3.37. The van der Waals surface area contributed by atoms with Crippen molar-refractivity contribution in [1.82, 2.24) is 15.1 Å². The van der Waals surface area contributed by atoms with Crippen LogP contribution in [0.25, 0.3) is 0 Å². The predicted octanol–water partition coefficient (Wildman–Crippen LogP) is 4.90. The van der Waals surface area contributed by atoms with Crippen LogP contribution < -0.4 is 10.1 Å². The van der Waals surface area contributed by atoms with Crippen LogP contribution in [-0.2, 0) is 0 Å². The minimum absolute atomic E-state index is 0.0175. The van der Waals surface area contributed by atoms with Crippen molar-refractivity contribution in [2.75, 3.05) is 26.2 Å². The van der Waals surface area contributed by atoms with Gasteiger partial charge >= 0.3 is 0 Å². The summed E-state index contributed by atoms with van der Waals surface area (Å²) >= 11 is 5.61. The van der Waals surface area contributed by atoms with Crippen LogP contribution in [-0.4, -0.2) is 53.1 Å². The van der Waals surface area contributed by atoms with E-state index in [4.69, 9.17) is 17.0 Å². The van der Waals surface area contributed by atoms with Gasteiger partial charge in [0.15, 0.2) is 5.11 Å². The van der Waals surface area contributed by atoms with Gasteiger partial charge in [0, 0.05) is 26.2 Å². The van der Waals surface area contributed by atoms with Crippen LogP contribution in [0, 0.1) is 0 Å². The van der Waals surface area contributed by atoms with Crippen LogP contribution in [0.5, 0.6) is 5.75 Å². The van der Waals surface area contributed by atoms with E-state index in [2.05, 4.69) is 75.8 Å². The lowest BCUT2D eigenvalue weighted by Crippen LogP contribution is -2.53. The highest BCUT2D eigenvalue weighted by atomic mass is 32.1. The molecule has 1 saturated heterocycles. The number of carbonyl (C=O) groups excluding carboxylic acids is 1. The number of benzene rings is 3. The summed E-state index contributed by atoms with van der Waals surface area (Å²) in [6.45, 7) is 7.07. The maximum atomic E-state index is 12.9. The average molecular weight is 474 g/mol. The van der Waals surface area contributed by atoms with Crippen LogP contribution in [0.15, 0.2) is 84.9 Å². The van der Waals surface area contributed by atoms with Crippen molar-refractivity contribution in [3.63, 3.8) is 0 Å². The van der Waals surface area contributed by atoms with Gasteiger partial charge in [0.05, 0.1) is 17.7 Å². The summed E-state index contributed by atoms with van der Waals surface area (Å²) in [7, 11) is 0. The van der Waals surface area contributed by atoms with Gasteiger partial charge in [-0.1, -0.05) is 72.8 Å². The summed E-state index contributed by atoms with van der Waals surface area (Å²) < 4.78 is 5.79. The van der Waals surface area contributed by atoms with Gasteiger partial charge in [-0.15, -0.1) is 0 Å². The first kappa shape index (κ1) is 23.9. The molecular formula is C28H31N3O2S. The number of ether oxygens (including phenoxy) is 1. The Kier molecular flexibility index (Phi) is 7.93. The second-order valence-corrected chi connectivity index (χ2v) is 9.06. The van der Waals surface area contributed by atoms with Gasteiger partial charge in [0.25, 0.3) is 5.91 Å². The second-order valence-electron chi connectivity index (χ2n) is 8.67. The van der Waals surface area contributed by atoms with Crippen molar-refractivity contribution < 1.29 is 9.53 Å². The molecule has 0 saturated carbocycles. The van der Waals surface area contributed by atoms with Crippen molar-refractivity contribution in [2.45, 2.75) is 26.0 Å². The molecule has 1 aliphatic heterocycles. The van der Waals surface area contributed by atoms with E-state index in [1.807, 2.05) is 32.0 Å². The molecule has 0 aliphatic carbocycles. The Morgan fingerprint density at radius 1 is 0.824 bits per heavy atom. The molecule has 176 valence electrons. The smallest absolute Gasteiger partial charge is 0.261 e. The van der Waals surface area contributed by atoms with E-state index >= 15 is 0 Å². The Morgan fingerprint density at radius 2 is 1.35 bits per heavy atom. The van der Waals surface area contributed by atoms with Crippen LogP contribution in [0.2, 0.25) is 0 Å². The quantitative estimate of drug-likeness (QED) is 0.516. The molecule has 1 aliphatic rings. The Hall–Kier alpha value is -3.22. The van der Waals surface area contributed by atoms with E-state index in [1.54, 1.807) is 6.07 Å². The molecule has 0 bridgehead atoms. The van der Waals surface area contributed by atoms with Gasteiger partial charge < -0.3 is 9.64 Å². The number of piperazine rings is 1. The average Bonchev–Trinajstić information content (AvgIpc) is 2.86. The molecule has 3 aromatic rings.